The van der Waals surface area contributed by atoms with Crippen LogP contribution in [0.1, 0.15) is 35.2 Å². The Kier molecular flexibility index (Phi) is 10.1. The number of benzene rings is 3. The van der Waals surface area contributed by atoms with E-state index in [9.17, 15) is 0 Å². The predicted octanol–water partition coefficient (Wildman–Crippen LogP) is 6.23. The van der Waals surface area contributed by atoms with E-state index in [4.69, 9.17) is 28.3 Å². The quantitative estimate of drug-likeness (QED) is 0.159. The number of rotatable bonds is 15. The fourth-order valence-electron chi connectivity index (χ4n) is 4.94. The van der Waals surface area contributed by atoms with Crippen LogP contribution in [0.2, 0.25) is 0 Å². The van der Waals surface area contributed by atoms with Crippen LogP contribution in [0.3, 0.4) is 0 Å². The number of nitrogens with zero attached hydrogens (tertiary/aromatic N) is 3. The molecule has 8 nitrogen and oxygen atoms in total. The highest BCUT2D eigenvalue weighted by molar-refractivity contribution is 5.49. The lowest BCUT2D eigenvalue weighted by atomic mass is 10.1. The van der Waals surface area contributed by atoms with Gasteiger partial charge in [0.2, 0.25) is 0 Å². The molecule has 8 heteroatoms. The Hall–Kier alpha value is -4.01. The minimum absolute atomic E-state index is 0.351. The van der Waals surface area contributed by atoms with E-state index < -0.39 is 0 Å². The minimum atomic E-state index is 0.351. The number of oxazole rings is 1. The van der Waals surface area contributed by atoms with Gasteiger partial charge in [-0.2, -0.15) is 4.98 Å². The molecule has 1 aromatic heterocycles. The summed E-state index contributed by atoms with van der Waals surface area (Å²) in [5.41, 5.74) is 5.40. The highest BCUT2D eigenvalue weighted by Crippen LogP contribution is 2.25. The zero-order chi connectivity index (χ0) is 28.3. The normalized spacial score (nSPS) is 13.0. The molecule has 0 N–H and O–H groups in total. The standard InChI is InChI=1S/C33H39N3O5/c1-37-31-9-5-7-27(19-31)22-36(21-26-11-13-30(14-12-26)35-15-3-4-16-35)33-34-29(25-41-33)24-40-18-17-39-23-28-8-6-10-32(20-28)38-2/h5-14,19-20,25H,3-4,15-18,21-24H2,1-2H3. The number of ether oxygens (including phenoxy) is 4. The molecule has 0 aliphatic carbocycles. The molecule has 1 fully saturated rings. The SMILES string of the molecule is COc1cccc(COCCOCc2coc(N(Cc3ccc(N4CCCC4)cc3)Cc3cccc(OC)c3)n2)c1. The third kappa shape index (κ3) is 8.25. The van der Waals surface area contributed by atoms with Crippen LogP contribution in [0.25, 0.3) is 0 Å². The first-order valence-electron chi connectivity index (χ1n) is 14.1. The number of hydrogen-bond donors (Lipinski definition) is 0. The monoisotopic (exact) mass is 557 g/mol. The summed E-state index contributed by atoms with van der Waals surface area (Å²) in [4.78, 5) is 9.34. The third-order valence-corrected chi connectivity index (χ3v) is 7.12. The molecular weight excluding hydrogens is 518 g/mol. The van der Waals surface area contributed by atoms with Crippen molar-refractivity contribution in [2.24, 2.45) is 0 Å². The molecule has 0 saturated carbocycles. The lowest BCUT2D eigenvalue weighted by molar-refractivity contribution is 0.0328. The lowest BCUT2D eigenvalue weighted by Gasteiger charge is -2.22. The van der Waals surface area contributed by atoms with Crippen molar-refractivity contribution in [1.29, 1.82) is 0 Å². The second kappa shape index (κ2) is 14.6. The third-order valence-electron chi connectivity index (χ3n) is 7.12. The van der Waals surface area contributed by atoms with Crippen molar-refractivity contribution >= 4 is 11.7 Å². The summed E-state index contributed by atoms with van der Waals surface area (Å²) < 4.78 is 28.2. The van der Waals surface area contributed by atoms with E-state index in [1.807, 2.05) is 42.5 Å². The molecule has 1 saturated heterocycles. The Morgan fingerprint density at radius 3 is 2.10 bits per heavy atom. The van der Waals surface area contributed by atoms with Crippen LogP contribution in [0.15, 0.2) is 83.5 Å². The maximum Gasteiger partial charge on any atom is 0.298 e. The van der Waals surface area contributed by atoms with Crippen molar-refractivity contribution in [2.45, 2.75) is 39.1 Å². The molecule has 3 aromatic carbocycles. The first-order valence-corrected chi connectivity index (χ1v) is 14.1. The van der Waals surface area contributed by atoms with E-state index in [0.29, 0.717) is 45.5 Å². The fourth-order valence-corrected chi connectivity index (χ4v) is 4.94. The van der Waals surface area contributed by atoms with Gasteiger partial charge in [-0.15, -0.1) is 0 Å². The van der Waals surface area contributed by atoms with Gasteiger partial charge in [0.15, 0.2) is 0 Å². The average molecular weight is 558 g/mol. The van der Waals surface area contributed by atoms with Crippen LogP contribution < -0.4 is 19.3 Å². The van der Waals surface area contributed by atoms with Crippen LogP contribution >= 0.6 is 0 Å². The number of hydrogen-bond acceptors (Lipinski definition) is 8. The summed E-state index contributed by atoms with van der Waals surface area (Å²) in [5.74, 6) is 1.65. The first kappa shape index (κ1) is 28.5. The van der Waals surface area contributed by atoms with Crippen LogP contribution in [0.5, 0.6) is 11.5 Å². The van der Waals surface area contributed by atoms with Gasteiger partial charge < -0.3 is 33.2 Å². The van der Waals surface area contributed by atoms with Gasteiger partial charge in [-0.1, -0.05) is 36.4 Å². The number of anilines is 2. The van der Waals surface area contributed by atoms with Gasteiger partial charge in [-0.05, 0) is 65.9 Å². The van der Waals surface area contributed by atoms with Gasteiger partial charge in [0, 0.05) is 31.9 Å². The van der Waals surface area contributed by atoms with Crippen LogP contribution in [-0.2, 0) is 35.8 Å². The van der Waals surface area contributed by atoms with Crippen molar-refractivity contribution < 1.29 is 23.4 Å². The summed E-state index contributed by atoms with van der Waals surface area (Å²) in [6.45, 7) is 5.37. The Bertz CT molecular complexity index is 1350. The van der Waals surface area contributed by atoms with Crippen molar-refractivity contribution in [2.75, 3.05) is 50.3 Å². The van der Waals surface area contributed by atoms with Crippen LogP contribution in [0, 0.1) is 0 Å². The molecular formula is C33H39N3O5. The van der Waals surface area contributed by atoms with Crippen molar-refractivity contribution in [3.8, 4) is 11.5 Å². The van der Waals surface area contributed by atoms with E-state index >= 15 is 0 Å². The summed E-state index contributed by atoms with van der Waals surface area (Å²) in [5, 5.41) is 0. The molecule has 0 radical (unpaired) electrons. The number of aromatic nitrogens is 1. The zero-order valence-electron chi connectivity index (χ0n) is 24.0. The van der Waals surface area contributed by atoms with E-state index in [2.05, 4.69) is 40.1 Å². The van der Waals surface area contributed by atoms with Gasteiger partial charge in [0.05, 0.1) is 40.6 Å². The highest BCUT2D eigenvalue weighted by atomic mass is 16.5. The zero-order valence-corrected chi connectivity index (χ0v) is 24.0. The summed E-state index contributed by atoms with van der Waals surface area (Å²) in [6, 6.07) is 25.3. The van der Waals surface area contributed by atoms with Gasteiger partial charge >= 0.3 is 0 Å². The average Bonchev–Trinajstić information content (AvgIpc) is 3.72. The molecule has 0 spiro atoms. The second-order valence-corrected chi connectivity index (χ2v) is 10.1. The molecule has 0 atom stereocenters. The Balaban J connectivity index is 1.17. The second-order valence-electron chi connectivity index (χ2n) is 10.1. The molecule has 2 heterocycles. The summed E-state index contributed by atoms with van der Waals surface area (Å²) in [6.07, 6.45) is 4.20. The van der Waals surface area contributed by atoms with Gasteiger partial charge in [0.25, 0.3) is 6.01 Å². The van der Waals surface area contributed by atoms with Gasteiger partial charge in [0.1, 0.15) is 23.5 Å². The maximum atomic E-state index is 5.94. The van der Waals surface area contributed by atoms with Crippen molar-refractivity contribution in [3.63, 3.8) is 0 Å². The predicted molar refractivity (Wildman–Crippen MR) is 160 cm³/mol. The van der Waals surface area contributed by atoms with Crippen LogP contribution in [-0.4, -0.2) is 45.5 Å². The molecule has 0 amide bonds. The number of methoxy groups -OCH3 is 2. The molecule has 5 rings (SSSR count). The molecule has 1 aliphatic rings. The van der Waals surface area contributed by atoms with E-state index in [0.717, 1.165) is 41.4 Å². The Morgan fingerprint density at radius 2 is 1.39 bits per heavy atom. The van der Waals surface area contributed by atoms with E-state index in [-0.39, 0.29) is 0 Å². The molecule has 216 valence electrons. The lowest BCUT2D eigenvalue weighted by Crippen LogP contribution is -2.23. The maximum absolute atomic E-state index is 5.94. The van der Waals surface area contributed by atoms with Crippen molar-refractivity contribution in [3.05, 3.63) is 101 Å². The van der Waals surface area contributed by atoms with Crippen LogP contribution in [0.4, 0.5) is 11.7 Å². The van der Waals surface area contributed by atoms with E-state index in [1.54, 1.807) is 20.5 Å². The van der Waals surface area contributed by atoms with E-state index in [1.165, 1.54) is 24.1 Å². The Labute approximate surface area is 242 Å². The van der Waals surface area contributed by atoms with Gasteiger partial charge in [-0.3, -0.25) is 0 Å². The summed E-state index contributed by atoms with van der Waals surface area (Å²) >= 11 is 0. The largest absolute Gasteiger partial charge is 0.497 e. The fraction of sp³-hybridized carbons (Fsp3) is 0.364. The smallest absolute Gasteiger partial charge is 0.298 e. The Morgan fingerprint density at radius 1 is 0.756 bits per heavy atom. The van der Waals surface area contributed by atoms with Crippen molar-refractivity contribution in [1.82, 2.24) is 4.98 Å². The molecule has 4 aromatic rings. The minimum Gasteiger partial charge on any atom is -0.497 e. The molecule has 0 unspecified atom stereocenters. The van der Waals surface area contributed by atoms with Gasteiger partial charge in [-0.25, -0.2) is 0 Å². The molecule has 41 heavy (non-hydrogen) atoms. The topological polar surface area (TPSA) is 69.4 Å². The summed E-state index contributed by atoms with van der Waals surface area (Å²) in [7, 11) is 3.34. The highest BCUT2D eigenvalue weighted by Gasteiger charge is 2.17. The first-order chi connectivity index (χ1) is 20.2. The molecule has 0 bridgehead atoms. The molecule has 1 aliphatic heterocycles.